The van der Waals surface area contributed by atoms with Gasteiger partial charge < -0.3 is 10.7 Å². The fourth-order valence-corrected chi connectivity index (χ4v) is 2.14. The minimum Gasteiger partial charge on any atom is -0.317 e. The number of hydrazine groups is 1. The molecule has 110 valence electrons. The average molecular weight is 378 g/mol. The van der Waals surface area contributed by atoms with Gasteiger partial charge in [-0.05, 0) is 18.2 Å². The number of nitrogen functional groups attached to an aromatic ring is 1. The Balaban J connectivity index is 2.28. The Labute approximate surface area is 131 Å². The van der Waals surface area contributed by atoms with Crippen LogP contribution in [0.1, 0.15) is 10.4 Å². The van der Waals surface area contributed by atoms with Crippen molar-refractivity contribution >= 4 is 44.9 Å². The van der Waals surface area contributed by atoms with Gasteiger partial charge in [0, 0.05) is 10.7 Å². The van der Waals surface area contributed by atoms with Crippen LogP contribution in [-0.2, 0) is 0 Å². The number of hydrogen-bond acceptors (Lipinski definition) is 4. The highest BCUT2D eigenvalue weighted by atomic mass is 79.9. The van der Waals surface area contributed by atoms with Crippen molar-refractivity contribution in [2.45, 2.75) is 0 Å². The summed E-state index contributed by atoms with van der Waals surface area (Å²) >= 11 is 8.77. The van der Waals surface area contributed by atoms with E-state index in [0.29, 0.717) is 0 Å². The quantitative estimate of drug-likeness (QED) is 0.566. The van der Waals surface area contributed by atoms with Gasteiger partial charge in [-0.25, -0.2) is 19.6 Å². The standard InChI is InChI=1S/C12H8BrClF2N4O/c13-6-2-8(15)10(9(16)3-6)19-12(21)5-1-7(14)11(20-17)18-4-5/h1-4H,17H2,(H,18,20)(H,19,21). The highest BCUT2D eigenvalue weighted by Crippen LogP contribution is 2.25. The number of nitrogens with zero attached hydrogens (tertiary/aromatic N) is 1. The lowest BCUT2D eigenvalue weighted by molar-refractivity contribution is 0.102. The number of rotatable bonds is 3. The minimum atomic E-state index is -0.908. The van der Waals surface area contributed by atoms with Crippen LogP contribution in [0.2, 0.25) is 5.02 Å². The molecule has 1 amide bonds. The van der Waals surface area contributed by atoms with Crippen LogP contribution in [0.15, 0.2) is 28.9 Å². The highest BCUT2D eigenvalue weighted by Gasteiger charge is 2.16. The fraction of sp³-hybridized carbons (Fsp3) is 0. The van der Waals surface area contributed by atoms with Gasteiger partial charge in [0.25, 0.3) is 5.91 Å². The maximum Gasteiger partial charge on any atom is 0.257 e. The molecule has 4 N–H and O–H groups in total. The van der Waals surface area contributed by atoms with Gasteiger partial charge in [0.2, 0.25) is 0 Å². The SMILES string of the molecule is NNc1ncc(C(=O)Nc2c(F)cc(Br)cc2F)cc1Cl. The van der Waals surface area contributed by atoms with Crippen LogP contribution in [0.5, 0.6) is 0 Å². The smallest absolute Gasteiger partial charge is 0.257 e. The van der Waals surface area contributed by atoms with Crippen LogP contribution in [0.3, 0.4) is 0 Å². The maximum absolute atomic E-state index is 13.6. The third-order valence-corrected chi connectivity index (χ3v) is 3.23. The van der Waals surface area contributed by atoms with Crippen molar-refractivity contribution in [3.63, 3.8) is 0 Å². The Morgan fingerprint density at radius 3 is 2.43 bits per heavy atom. The number of nitrogens with one attached hydrogen (secondary N) is 2. The van der Waals surface area contributed by atoms with Gasteiger partial charge in [-0.15, -0.1) is 0 Å². The van der Waals surface area contributed by atoms with E-state index in [4.69, 9.17) is 17.4 Å². The van der Waals surface area contributed by atoms with E-state index in [1.807, 2.05) is 0 Å². The topological polar surface area (TPSA) is 80.0 Å². The zero-order chi connectivity index (χ0) is 15.6. The molecule has 21 heavy (non-hydrogen) atoms. The predicted octanol–water partition coefficient (Wildman–Crippen LogP) is 3.31. The summed E-state index contributed by atoms with van der Waals surface area (Å²) in [6.45, 7) is 0. The summed E-state index contributed by atoms with van der Waals surface area (Å²) in [7, 11) is 0. The summed E-state index contributed by atoms with van der Waals surface area (Å²) in [5.74, 6) is 2.76. The summed E-state index contributed by atoms with van der Waals surface area (Å²) < 4.78 is 27.5. The number of hydrogen-bond donors (Lipinski definition) is 3. The first kappa shape index (κ1) is 15.6. The van der Waals surface area contributed by atoms with Crippen LogP contribution in [0, 0.1) is 11.6 Å². The number of anilines is 2. The Bertz CT molecular complexity index is 691. The number of aromatic nitrogens is 1. The molecule has 1 aromatic carbocycles. The van der Waals surface area contributed by atoms with E-state index in [1.165, 1.54) is 12.3 Å². The Morgan fingerprint density at radius 2 is 1.90 bits per heavy atom. The zero-order valence-electron chi connectivity index (χ0n) is 10.3. The van der Waals surface area contributed by atoms with Crippen molar-refractivity contribution in [2.24, 2.45) is 5.84 Å². The van der Waals surface area contributed by atoms with E-state index in [2.05, 4.69) is 31.7 Å². The van der Waals surface area contributed by atoms with Gasteiger partial charge in [0.1, 0.15) is 5.69 Å². The molecule has 2 rings (SSSR count). The van der Waals surface area contributed by atoms with Crippen LogP contribution in [0.4, 0.5) is 20.3 Å². The number of pyridine rings is 1. The number of benzene rings is 1. The molecule has 0 fully saturated rings. The van der Waals surface area contributed by atoms with E-state index in [1.54, 1.807) is 0 Å². The number of carbonyl (C=O) groups is 1. The molecule has 0 saturated heterocycles. The molecular weight excluding hydrogens is 370 g/mol. The van der Waals surface area contributed by atoms with Gasteiger partial charge in [0.15, 0.2) is 17.5 Å². The van der Waals surface area contributed by atoms with Crippen LogP contribution < -0.4 is 16.6 Å². The second-order valence-corrected chi connectivity index (χ2v) is 5.22. The molecule has 2 aromatic rings. The van der Waals surface area contributed by atoms with Gasteiger partial charge in [-0.3, -0.25) is 4.79 Å². The first-order valence-corrected chi connectivity index (χ1v) is 6.67. The molecule has 0 saturated carbocycles. The Morgan fingerprint density at radius 1 is 1.29 bits per heavy atom. The Hall–Kier alpha value is -1.77. The van der Waals surface area contributed by atoms with E-state index in [0.717, 1.165) is 12.1 Å². The second-order valence-electron chi connectivity index (χ2n) is 3.90. The molecule has 0 aliphatic carbocycles. The lowest BCUT2D eigenvalue weighted by Gasteiger charge is -2.09. The third-order valence-electron chi connectivity index (χ3n) is 2.49. The molecule has 0 spiro atoms. The predicted molar refractivity (Wildman–Crippen MR) is 79.1 cm³/mol. The van der Waals surface area contributed by atoms with Crippen molar-refractivity contribution in [2.75, 3.05) is 10.7 Å². The molecule has 0 aliphatic rings. The van der Waals surface area contributed by atoms with Gasteiger partial charge in [-0.2, -0.15) is 0 Å². The van der Waals surface area contributed by atoms with Gasteiger partial charge >= 0.3 is 0 Å². The molecule has 0 radical (unpaired) electrons. The minimum absolute atomic E-state index is 0.0284. The summed E-state index contributed by atoms with van der Waals surface area (Å²) in [5.41, 5.74) is 1.71. The van der Waals surface area contributed by atoms with Crippen molar-refractivity contribution in [3.05, 3.63) is 51.1 Å². The zero-order valence-corrected chi connectivity index (χ0v) is 12.6. The third kappa shape index (κ3) is 3.46. The van der Waals surface area contributed by atoms with E-state index >= 15 is 0 Å². The molecule has 0 unspecified atom stereocenters. The molecule has 0 bridgehead atoms. The van der Waals surface area contributed by atoms with Gasteiger partial charge in [0.05, 0.1) is 10.6 Å². The molecule has 1 heterocycles. The van der Waals surface area contributed by atoms with Crippen LogP contribution in [0.25, 0.3) is 0 Å². The van der Waals surface area contributed by atoms with Crippen molar-refractivity contribution in [1.82, 2.24) is 4.98 Å². The molecule has 0 atom stereocenters. The molecule has 0 aliphatic heterocycles. The first-order valence-electron chi connectivity index (χ1n) is 5.50. The fourth-order valence-electron chi connectivity index (χ4n) is 1.52. The summed E-state index contributed by atoms with van der Waals surface area (Å²) in [5, 5.41) is 2.23. The summed E-state index contributed by atoms with van der Waals surface area (Å²) in [6, 6.07) is 3.34. The monoisotopic (exact) mass is 376 g/mol. The van der Waals surface area contributed by atoms with Crippen molar-refractivity contribution in [3.8, 4) is 0 Å². The van der Waals surface area contributed by atoms with E-state index in [-0.39, 0.29) is 20.9 Å². The highest BCUT2D eigenvalue weighted by molar-refractivity contribution is 9.10. The van der Waals surface area contributed by atoms with Crippen LogP contribution in [-0.4, -0.2) is 10.9 Å². The van der Waals surface area contributed by atoms with Crippen molar-refractivity contribution < 1.29 is 13.6 Å². The van der Waals surface area contributed by atoms with Crippen molar-refractivity contribution in [1.29, 1.82) is 0 Å². The normalized spacial score (nSPS) is 10.3. The lowest BCUT2D eigenvalue weighted by atomic mass is 10.2. The summed E-state index contributed by atoms with van der Waals surface area (Å²) in [6.07, 6.45) is 1.17. The molecule has 5 nitrogen and oxygen atoms in total. The van der Waals surface area contributed by atoms with Crippen LogP contribution >= 0.6 is 27.5 Å². The number of halogens is 4. The molecule has 1 aromatic heterocycles. The van der Waals surface area contributed by atoms with E-state index < -0.39 is 23.2 Å². The largest absolute Gasteiger partial charge is 0.317 e. The maximum atomic E-state index is 13.6. The van der Waals surface area contributed by atoms with E-state index in [9.17, 15) is 13.6 Å². The van der Waals surface area contributed by atoms with Gasteiger partial charge in [-0.1, -0.05) is 27.5 Å². The molecular formula is C12H8BrClF2N4O. The first-order chi connectivity index (χ1) is 9.92. The molecule has 9 heteroatoms. The average Bonchev–Trinajstić information content (AvgIpc) is 2.42. The lowest BCUT2D eigenvalue weighted by Crippen LogP contribution is -2.16. The number of amides is 1. The number of nitrogens with two attached hydrogens (primary N) is 1. The number of carbonyl (C=O) groups excluding carboxylic acids is 1. The second kappa shape index (κ2) is 6.33. The summed E-state index contributed by atoms with van der Waals surface area (Å²) in [4.78, 5) is 15.7. The Kier molecular flexibility index (Phi) is 4.71.